The van der Waals surface area contributed by atoms with E-state index in [1.807, 2.05) is 24.3 Å². The van der Waals surface area contributed by atoms with Crippen molar-refractivity contribution in [2.45, 2.75) is 157 Å². The summed E-state index contributed by atoms with van der Waals surface area (Å²) in [6, 6.07) is 39.1. The highest BCUT2D eigenvalue weighted by molar-refractivity contribution is 7.51. The van der Waals surface area contributed by atoms with Crippen molar-refractivity contribution in [3.63, 3.8) is 0 Å². The minimum Gasteiger partial charge on any atom is -0.0622 e. The molecule has 5 aromatic rings. The van der Waals surface area contributed by atoms with Gasteiger partial charge in [-0.2, -0.15) is 0 Å². The first-order valence-electron chi connectivity index (χ1n) is 23.5. The Morgan fingerprint density at radius 1 is 0.333 bits per heavy atom. The third-order valence-electron chi connectivity index (χ3n) is 11.6. The average Bonchev–Trinajstić information content (AvgIpc) is 3.21. The van der Waals surface area contributed by atoms with E-state index in [-0.39, 0.29) is 32.5 Å². The normalized spacial score (nSPS) is 12.7. The Bertz CT molecular complexity index is 2610. The summed E-state index contributed by atoms with van der Waals surface area (Å²) >= 11 is 0. The second-order valence-electron chi connectivity index (χ2n) is 23.7. The van der Waals surface area contributed by atoms with Crippen molar-refractivity contribution in [1.29, 1.82) is 0 Å². The zero-order valence-electron chi connectivity index (χ0n) is 43.4. The van der Waals surface area contributed by atoms with Crippen molar-refractivity contribution in [1.82, 2.24) is 0 Å². The van der Waals surface area contributed by atoms with Crippen LogP contribution >= 0.6 is 16.4 Å². The molecule has 0 amide bonds. The molecule has 0 heterocycles. The van der Waals surface area contributed by atoms with Gasteiger partial charge in [-0.1, -0.05) is 203 Å². The molecule has 2 unspecified atom stereocenters. The zero-order valence-corrected chi connectivity index (χ0v) is 45.4. The minimum atomic E-state index is -0.0356. The summed E-state index contributed by atoms with van der Waals surface area (Å²) < 4.78 is 0. The lowest BCUT2D eigenvalue weighted by molar-refractivity contribution is 0.553. The molecule has 0 aliphatic rings. The van der Waals surface area contributed by atoms with Gasteiger partial charge in [-0.15, -0.1) is 0 Å². The highest BCUT2D eigenvalue weighted by Crippen LogP contribution is 2.38. The molecule has 0 saturated carbocycles. The van der Waals surface area contributed by atoms with E-state index < -0.39 is 0 Å². The van der Waals surface area contributed by atoms with Crippen molar-refractivity contribution in [3.05, 3.63) is 165 Å². The number of hydrogen-bond acceptors (Lipinski definition) is 0. The van der Waals surface area contributed by atoms with Crippen molar-refractivity contribution in [2.24, 2.45) is 0 Å². The SMILES string of the molecule is CC(C)(C)c1cc(C(C)(C)C)c([PH+]=C(C#CC#Cc2cccc(C#CC#CC(=[PH+]c3c(C(C)(C)C)cc(C(C)(C)C)cc3C(C)(C)C)c3ccccc3)c2)c2ccccc2)c(C(C)(C)C)c1. The van der Waals surface area contributed by atoms with Crippen LogP contribution in [0.4, 0.5) is 0 Å². The molecule has 0 aliphatic heterocycles. The van der Waals surface area contributed by atoms with Crippen LogP contribution in [0.25, 0.3) is 0 Å². The summed E-state index contributed by atoms with van der Waals surface area (Å²) in [7, 11) is 0.772. The molecule has 0 aliphatic carbocycles. The maximum atomic E-state index is 3.54. The Morgan fingerprint density at radius 3 is 0.909 bits per heavy atom. The van der Waals surface area contributed by atoms with Crippen molar-refractivity contribution < 1.29 is 0 Å². The molecule has 0 N–H and O–H groups in total. The van der Waals surface area contributed by atoms with Crippen molar-refractivity contribution in [2.75, 3.05) is 0 Å². The molecule has 0 radical (unpaired) electrons. The monoisotopic (exact) mass is 905 g/mol. The summed E-state index contributed by atoms with van der Waals surface area (Å²) in [6.45, 7) is 41.9. The van der Waals surface area contributed by atoms with E-state index in [1.54, 1.807) is 0 Å². The fraction of sp³-hybridized carbons (Fsp3) is 0.375. The zero-order chi connectivity index (χ0) is 48.9. The fourth-order valence-corrected chi connectivity index (χ4v) is 11.4. The molecule has 5 rings (SSSR count). The van der Waals surface area contributed by atoms with Crippen LogP contribution in [0.15, 0.2) is 109 Å². The minimum absolute atomic E-state index is 0.0356. The Hall–Kier alpha value is -5.32. The molecular formula is C64H74P2+2. The summed E-state index contributed by atoms with van der Waals surface area (Å²) in [5, 5.41) is 4.99. The molecule has 0 bridgehead atoms. The van der Waals surface area contributed by atoms with Gasteiger partial charge < -0.3 is 0 Å². The largest absolute Gasteiger partial charge is 0.204 e. The lowest BCUT2D eigenvalue weighted by Gasteiger charge is -2.30. The third-order valence-corrected chi connectivity index (χ3v) is 14.5. The van der Waals surface area contributed by atoms with Gasteiger partial charge in [-0.25, -0.2) is 0 Å². The van der Waals surface area contributed by atoms with Gasteiger partial charge in [0.25, 0.3) is 0 Å². The van der Waals surface area contributed by atoms with E-state index >= 15 is 0 Å². The van der Waals surface area contributed by atoms with Crippen LogP contribution in [0.1, 0.15) is 180 Å². The highest BCUT2D eigenvalue weighted by Gasteiger charge is 2.34. The van der Waals surface area contributed by atoms with Gasteiger partial charge in [-0.3, -0.25) is 0 Å². The molecule has 338 valence electrons. The van der Waals surface area contributed by atoms with Crippen LogP contribution in [0, 0.1) is 47.4 Å². The molecular weight excluding hydrogens is 831 g/mol. The second-order valence-corrected chi connectivity index (χ2v) is 26.2. The van der Waals surface area contributed by atoms with E-state index in [2.05, 4.69) is 257 Å². The van der Waals surface area contributed by atoms with Crippen LogP contribution in [0.2, 0.25) is 0 Å². The Morgan fingerprint density at radius 2 is 0.636 bits per heavy atom. The first-order valence-corrected chi connectivity index (χ1v) is 25.5. The number of benzene rings is 5. The van der Waals surface area contributed by atoms with Crippen LogP contribution in [-0.4, -0.2) is 10.6 Å². The van der Waals surface area contributed by atoms with Gasteiger partial charge >= 0.3 is 0 Å². The molecule has 0 nitrogen and oxygen atoms in total. The molecule has 0 fully saturated rings. The van der Waals surface area contributed by atoms with Gasteiger partial charge in [0.2, 0.25) is 10.6 Å². The molecule has 66 heavy (non-hydrogen) atoms. The summed E-state index contributed by atoms with van der Waals surface area (Å²) in [5.74, 6) is 26.6. The van der Waals surface area contributed by atoms with E-state index in [9.17, 15) is 0 Å². The predicted molar refractivity (Wildman–Crippen MR) is 298 cm³/mol. The summed E-state index contributed by atoms with van der Waals surface area (Å²) in [5.41, 5.74) is 12.3. The second kappa shape index (κ2) is 20.3. The lowest BCUT2D eigenvalue weighted by atomic mass is 9.75. The molecule has 2 atom stereocenters. The Balaban J connectivity index is 1.55. The maximum absolute atomic E-state index is 3.54. The standard InChI is InChI=1S/C64H72P2/c1-59(2,3)49-41-51(61(7,8)9)57(52(42-49)62(10,11)12)65-55(47-34-21-19-22-35-47)38-27-25-30-45-32-29-33-46(40-45)31-26-28-39-56(48-36-23-20-24-37-48)66-58-53(63(13,14)15)43-50(60(4,5)6)44-54(58)64(16,17)18/h19-24,29,32-37,40-44H,1-18H3/p+2. The molecule has 5 aromatic carbocycles. The van der Waals surface area contributed by atoms with E-state index in [0.717, 1.165) is 32.8 Å². The third kappa shape index (κ3) is 13.9. The van der Waals surface area contributed by atoms with Gasteiger partial charge in [0.15, 0.2) is 10.6 Å². The van der Waals surface area contributed by atoms with Crippen molar-refractivity contribution in [3.8, 4) is 47.4 Å². The molecule has 0 saturated heterocycles. The van der Waals surface area contributed by atoms with Gasteiger partial charge in [0.1, 0.15) is 16.4 Å². The molecule has 0 spiro atoms. The average molecular weight is 905 g/mol. The van der Waals surface area contributed by atoms with Crippen LogP contribution in [-0.2, 0) is 32.5 Å². The highest BCUT2D eigenvalue weighted by atomic mass is 31.1. The first kappa shape index (κ1) is 51.7. The van der Waals surface area contributed by atoms with E-state index in [1.165, 1.54) is 44.0 Å². The van der Waals surface area contributed by atoms with Crippen LogP contribution in [0.3, 0.4) is 0 Å². The first-order chi connectivity index (χ1) is 30.5. The van der Waals surface area contributed by atoms with E-state index in [0.29, 0.717) is 16.4 Å². The van der Waals surface area contributed by atoms with Crippen LogP contribution in [0.5, 0.6) is 0 Å². The lowest BCUT2D eigenvalue weighted by Crippen LogP contribution is -2.30. The van der Waals surface area contributed by atoms with Crippen LogP contribution < -0.4 is 10.6 Å². The summed E-state index contributed by atoms with van der Waals surface area (Å²) in [6.07, 6.45) is 0. The molecule has 0 aromatic heterocycles. The van der Waals surface area contributed by atoms with E-state index in [4.69, 9.17) is 0 Å². The van der Waals surface area contributed by atoms with Gasteiger partial charge in [-0.05, 0) is 122 Å². The smallest absolute Gasteiger partial charge is 0.0622 e. The van der Waals surface area contributed by atoms with Crippen molar-refractivity contribution >= 4 is 37.6 Å². The topological polar surface area (TPSA) is 0 Å². The van der Waals surface area contributed by atoms with Gasteiger partial charge in [0.05, 0.1) is 0 Å². The quantitative estimate of drug-likeness (QED) is 0.125. The number of rotatable bonds is 4. The maximum Gasteiger partial charge on any atom is 0.204 e. The Labute approximate surface area is 404 Å². The predicted octanol–water partition coefficient (Wildman–Crippen LogP) is 14.6. The number of hydrogen-bond donors (Lipinski definition) is 0. The molecule has 2 heteroatoms. The fourth-order valence-electron chi connectivity index (χ4n) is 7.67. The summed E-state index contributed by atoms with van der Waals surface area (Å²) in [4.78, 5) is 0. The van der Waals surface area contributed by atoms with Gasteiger partial charge in [0, 0.05) is 44.5 Å². The Kier molecular flexibility index (Phi) is 15.9.